The molecule has 0 N–H and O–H groups in total. The number of pyridine rings is 1. The smallest absolute Gasteiger partial charge is 0.268 e. The van der Waals surface area contributed by atoms with Crippen LogP contribution in [-0.2, 0) is 42.7 Å². The zero-order valence-corrected chi connectivity index (χ0v) is 44.4. The molecule has 70 heavy (non-hydrogen) atoms. The van der Waals surface area contributed by atoms with Crippen molar-refractivity contribution in [2.75, 3.05) is 0 Å². The number of hydrogen-bond donors (Lipinski definition) is 0. The number of hydrogen-bond acceptors (Lipinski definition) is 2. The normalized spacial score (nSPS) is 13.5. The zero-order chi connectivity index (χ0) is 53.0. The number of ether oxygens (including phenoxy) is 1. The maximum atomic E-state index is 9.42. The Labute approximate surface area is 436 Å². The monoisotopic (exact) mass is 1100 g/mol. The van der Waals surface area contributed by atoms with E-state index in [1.807, 2.05) is 82.1 Å². The standard InChI is InChI=1S/C64H62N4O.Pt/c1-61(2,3)44-31-32-65-59(38-44)68-55-26-17-16-25-51(55)52-30-29-50(40-58(52)68)69-49-24-20-23-48(39-49)66-41-67(57-28-19-18-27-56(57)66)60-53(42-21-14-13-15-22-42)36-47(64(10,11)12)37-54(60)43-33-45(62(4,5)6)35-46(34-43)63(7,8)9;/h13-38H,1-12H3;/q-2;/i13D,14D,15D,21D,22D;. The molecule has 0 saturated heterocycles. The van der Waals surface area contributed by atoms with Crippen LogP contribution in [0.5, 0.6) is 11.5 Å². The minimum Gasteiger partial charge on any atom is -0.510 e. The van der Waals surface area contributed by atoms with Gasteiger partial charge in [-0.1, -0.05) is 192 Å². The Balaban J connectivity index is 0.00000689. The molecule has 0 amide bonds. The molecule has 7 aromatic carbocycles. The van der Waals surface area contributed by atoms with Crippen LogP contribution in [0.25, 0.3) is 72.3 Å². The summed E-state index contributed by atoms with van der Waals surface area (Å²) in [5, 5.41) is 2.12. The summed E-state index contributed by atoms with van der Waals surface area (Å²) in [5.41, 5.74) is 10.7. The molecule has 6 heteroatoms. The van der Waals surface area contributed by atoms with Crippen molar-refractivity contribution in [1.82, 2.24) is 14.1 Å². The molecule has 10 rings (SSSR count). The fourth-order valence-corrected chi connectivity index (χ4v) is 9.08. The Bertz CT molecular complexity index is 3820. The van der Waals surface area contributed by atoms with Crippen molar-refractivity contribution < 1.29 is 37.2 Å². The maximum absolute atomic E-state index is 9.42. The fraction of sp³-hybridized carbons (Fsp3) is 0.250. The van der Waals surface area contributed by atoms with Crippen molar-refractivity contribution in [2.45, 2.75) is 105 Å². The summed E-state index contributed by atoms with van der Waals surface area (Å²) in [6.45, 7) is 26.3. The van der Waals surface area contributed by atoms with Gasteiger partial charge in [0.2, 0.25) is 0 Å². The van der Waals surface area contributed by atoms with Gasteiger partial charge < -0.3 is 13.9 Å². The summed E-state index contributed by atoms with van der Waals surface area (Å²) in [5.74, 6) is 1.78. The third kappa shape index (κ3) is 9.17. The van der Waals surface area contributed by atoms with Gasteiger partial charge in [-0.25, -0.2) is 4.98 Å². The van der Waals surface area contributed by atoms with Gasteiger partial charge >= 0.3 is 0 Å². The Kier molecular flexibility index (Phi) is 10.9. The number of para-hydroxylation sites is 3. The molecule has 0 fully saturated rings. The number of fused-ring (bicyclic) bond motifs is 4. The molecule has 0 bridgehead atoms. The molecular weight excluding hydrogens is 1040 g/mol. The van der Waals surface area contributed by atoms with E-state index in [0.29, 0.717) is 28.4 Å². The second-order valence-electron chi connectivity index (χ2n) is 22.3. The average Bonchev–Trinajstić information content (AvgIpc) is 3.92. The molecule has 0 unspecified atom stereocenters. The molecule has 0 spiro atoms. The quantitative estimate of drug-likeness (QED) is 0.118. The van der Waals surface area contributed by atoms with Crippen molar-refractivity contribution in [2.24, 2.45) is 0 Å². The molecule has 3 heterocycles. The SMILES string of the molecule is [2H]c1c([2H])c([2H])c(-c2cc(C(C)(C)C)cc(-c3cc(C(C)(C)C)cc(C(C)(C)C)c3)c2-[n+]2[c-]n(-c3[c-]c(Oc4[c-]c5c(cc4)c4ccccc4n5-c4cc(C(C)(C)C)ccn4)ccc3)c3ccccc32)c([2H])c1[2H].[Pt]. The van der Waals surface area contributed by atoms with Crippen molar-refractivity contribution in [3.05, 3.63) is 198 Å². The fourth-order valence-electron chi connectivity index (χ4n) is 9.08. The van der Waals surface area contributed by atoms with Crippen LogP contribution in [0.1, 0.15) is 112 Å². The average molecular weight is 1100 g/mol. The third-order valence-corrected chi connectivity index (χ3v) is 13.1. The molecule has 5 nitrogen and oxygen atoms in total. The Morgan fingerprint density at radius 1 is 0.543 bits per heavy atom. The van der Waals surface area contributed by atoms with Crippen LogP contribution in [0.15, 0.2) is 158 Å². The molecule has 3 aromatic heterocycles. The second-order valence-corrected chi connectivity index (χ2v) is 22.3. The van der Waals surface area contributed by atoms with Gasteiger partial charge in [-0.15, -0.1) is 29.7 Å². The van der Waals surface area contributed by atoms with Crippen molar-refractivity contribution in [1.29, 1.82) is 0 Å². The van der Waals surface area contributed by atoms with Gasteiger partial charge in [0.1, 0.15) is 5.82 Å². The van der Waals surface area contributed by atoms with Gasteiger partial charge in [0.25, 0.3) is 6.33 Å². The minimum absolute atomic E-state index is 0. The summed E-state index contributed by atoms with van der Waals surface area (Å²) in [7, 11) is 0. The molecule has 10 aromatic rings. The number of nitrogens with zero attached hydrogens (tertiary/aromatic N) is 4. The van der Waals surface area contributed by atoms with Crippen LogP contribution in [0.3, 0.4) is 0 Å². The predicted octanol–water partition coefficient (Wildman–Crippen LogP) is 16.1. The van der Waals surface area contributed by atoms with Crippen molar-refractivity contribution in [3.8, 4) is 50.9 Å². The van der Waals surface area contributed by atoms with Gasteiger partial charge in [-0.2, -0.15) is 18.2 Å². The summed E-state index contributed by atoms with van der Waals surface area (Å²) in [6.07, 6.45) is 5.59. The molecule has 356 valence electrons. The number of rotatable bonds is 7. The zero-order valence-electron chi connectivity index (χ0n) is 47.1. The summed E-state index contributed by atoms with van der Waals surface area (Å²) in [4.78, 5) is 4.85. The van der Waals surface area contributed by atoms with E-state index in [9.17, 15) is 2.74 Å². The van der Waals surface area contributed by atoms with Gasteiger partial charge in [-0.3, -0.25) is 4.57 Å². The molecule has 0 atom stereocenters. The molecule has 0 aliphatic heterocycles. The molecular formula is C64H62N4OPt-2. The van der Waals surface area contributed by atoms with Crippen LogP contribution >= 0.6 is 0 Å². The molecule has 0 radical (unpaired) electrons. The van der Waals surface area contributed by atoms with Gasteiger partial charge in [0.15, 0.2) is 0 Å². The number of imidazole rings is 1. The van der Waals surface area contributed by atoms with Crippen molar-refractivity contribution >= 4 is 32.8 Å². The van der Waals surface area contributed by atoms with E-state index in [1.54, 1.807) is 0 Å². The van der Waals surface area contributed by atoms with Crippen molar-refractivity contribution in [3.63, 3.8) is 0 Å². The first-order chi connectivity index (χ1) is 34.8. The van der Waals surface area contributed by atoms with Crippen LogP contribution in [-0.4, -0.2) is 14.1 Å². The van der Waals surface area contributed by atoms with Gasteiger partial charge in [-0.05, 0) is 95.4 Å². The van der Waals surface area contributed by atoms with Crippen LogP contribution in [0.2, 0.25) is 0 Å². The third-order valence-electron chi connectivity index (χ3n) is 13.1. The van der Waals surface area contributed by atoms with Crippen LogP contribution in [0.4, 0.5) is 0 Å². The van der Waals surface area contributed by atoms with E-state index in [0.717, 1.165) is 66.5 Å². The van der Waals surface area contributed by atoms with Gasteiger partial charge in [0, 0.05) is 44.3 Å². The van der Waals surface area contributed by atoms with Gasteiger partial charge in [0.05, 0.1) is 23.6 Å². The Hall–Kier alpha value is -6.55. The maximum Gasteiger partial charge on any atom is 0.268 e. The largest absolute Gasteiger partial charge is 0.510 e. The van der Waals surface area contributed by atoms with Crippen LogP contribution < -0.4 is 9.30 Å². The number of aromatic nitrogens is 4. The topological polar surface area (TPSA) is 35.9 Å². The first kappa shape index (κ1) is 42.3. The van der Waals surface area contributed by atoms with E-state index < -0.39 is 23.5 Å². The van der Waals surface area contributed by atoms with E-state index in [2.05, 4.69) is 161 Å². The Morgan fingerprint density at radius 2 is 1.14 bits per heavy atom. The molecule has 0 aliphatic rings. The number of benzene rings is 7. The minimum atomic E-state index is -0.443. The predicted molar refractivity (Wildman–Crippen MR) is 286 cm³/mol. The molecule has 0 saturated carbocycles. The summed E-state index contributed by atoms with van der Waals surface area (Å²) >= 11 is 0. The first-order valence-corrected chi connectivity index (χ1v) is 23.8. The summed E-state index contributed by atoms with van der Waals surface area (Å²) in [6, 6.07) is 46.7. The molecule has 0 aliphatic carbocycles. The van der Waals surface area contributed by atoms with E-state index >= 15 is 0 Å². The van der Waals surface area contributed by atoms with E-state index in [-0.39, 0.29) is 55.0 Å². The Morgan fingerprint density at radius 3 is 1.81 bits per heavy atom. The van der Waals surface area contributed by atoms with E-state index in [4.69, 9.17) is 13.8 Å². The van der Waals surface area contributed by atoms with E-state index in [1.165, 1.54) is 5.56 Å². The van der Waals surface area contributed by atoms with Crippen LogP contribution in [0, 0.1) is 18.5 Å². The second kappa shape index (κ2) is 18.0. The summed E-state index contributed by atoms with van der Waals surface area (Å²) < 4.78 is 58.0. The first-order valence-electron chi connectivity index (χ1n) is 26.3.